The molecule has 0 atom stereocenters. The summed E-state index contributed by atoms with van der Waals surface area (Å²) in [5.41, 5.74) is 1.14. The zero-order chi connectivity index (χ0) is 23.4. The van der Waals surface area contributed by atoms with Crippen molar-refractivity contribution < 1.29 is 26.7 Å². The van der Waals surface area contributed by atoms with Crippen LogP contribution < -0.4 is 14.8 Å². The van der Waals surface area contributed by atoms with E-state index in [0.717, 1.165) is 12.1 Å². The van der Waals surface area contributed by atoms with Gasteiger partial charge in [0.15, 0.2) is 0 Å². The molecule has 4 aromatic rings. The molecule has 3 aromatic carbocycles. The lowest BCUT2D eigenvalue weighted by Gasteiger charge is -2.08. The van der Waals surface area contributed by atoms with Crippen LogP contribution in [0.2, 0.25) is 0 Å². The van der Waals surface area contributed by atoms with Crippen molar-refractivity contribution in [1.29, 1.82) is 0 Å². The highest BCUT2D eigenvalue weighted by molar-refractivity contribution is 7.91. The number of rotatable bonds is 8. The molecule has 0 saturated carbocycles. The van der Waals surface area contributed by atoms with Crippen molar-refractivity contribution in [3.05, 3.63) is 78.6 Å². The van der Waals surface area contributed by atoms with Crippen LogP contribution in [-0.2, 0) is 9.84 Å². The van der Waals surface area contributed by atoms with Crippen molar-refractivity contribution in [2.45, 2.75) is 16.8 Å². The maximum Gasteiger partial charge on any atom is 0.238 e. The monoisotopic (exact) mass is 468 g/mol. The quantitative estimate of drug-likeness (QED) is 0.343. The number of sulfone groups is 1. The molecule has 0 spiro atoms. The van der Waals surface area contributed by atoms with Crippen LogP contribution >= 0.6 is 0 Å². The summed E-state index contributed by atoms with van der Waals surface area (Å²) in [6.07, 6.45) is 0. The van der Waals surface area contributed by atoms with E-state index in [1.165, 1.54) is 12.1 Å². The minimum Gasteiger partial charge on any atom is -0.497 e. The Kier molecular flexibility index (Phi) is 6.32. The van der Waals surface area contributed by atoms with Gasteiger partial charge in [0.05, 0.1) is 18.6 Å². The average molecular weight is 469 g/mol. The molecule has 0 unspecified atom stereocenters. The molecule has 170 valence electrons. The summed E-state index contributed by atoms with van der Waals surface area (Å²) in [5, 5.41) is 2.67. The highest BCUT2D eigenvalue weighted by atomic mass is 32.2. The summed E-state index contributed by atoms with van der Waals surface area (Å²) in [5.74, 6) is 0.817. The summed E-state index contributed by atoms with van der Waals surface area (Å²) in [6.45, 7) is 2.41. The average Bonchev–Trinajstić information content (AvgIpc) is 3.25. The van der Waals surface area contributed by atoms with E-state index in [1.807, 2.05) is 6.92 Å². The normalized spacial score (nSPS) is 11.2. The zero-order valence-electron chi connectivity index (χ0n) is 17.9. The molecule has 4 rings (SSSR count). The van der Waals surface area contributed by atoms with Gasteiger partial charge in [0.1, 0.15) is 17.3 Å². The highest BCUT2D eigenvalue weighted by Crippen LogP contribution is 2.35. The molecule has 0 aliphatic heterocycles. The van der Waals surface area contributed by atoms with Crippen molar-refractivity contribution in [3.8, 4) is 23.0 Å². The number of hydrogen-bond donors (Lipinski definition) is 1. The predicted octanol–water partition coefficient (Wildman–Crippen LogP) is 5.46. The van der Waals surface area contributed by atoms with Gasteiger partial charge >= 0.3 is 0 Å². The fraction of sp³-hybridized carbons (Fsp3) is 0.125. The fourth-order valence-electron chi connectivity index (χ4n) is 3.08. The number of ether oxygens (including phenoxy) is 2. The third-order valence-corrected chi connectivity index (χ3v) is 6.41. The van der Waals surface area contributed by atoms with E-state index in [-0.39, 0.29) is 21.7 Å². The van der Waals surface area contributed by atoms with E-state index in [9.17, 15) is 12.8 Å². The molecular formula is C24H21FN2O5S. The molecule has 0 amide bonds. The van der Waals surface area contributed by atoms with Crippen LogP contribution in [0.1, 0.15) is 6.92 Å². The molecule has 9 heteroatoms. The standard InChI is InChI=1S/C24H21FN2O5S/c1-3-31-20-12-8-18(9-13-20)26-23-24(33(28,29)21-14-6-17(25)7-15-21)27-22(32-23)16-4-10-19(30-2)11-5-16/h4-15,26H,3H2,1-2H3. The Balaban J connectivity index is 1.77. The number of anilines is 2. The maximum absolute atomic E-state index is 13.4. The summed E-state index contributed by atoms with van der Waals surface area (Å²) >= 11 is 0. The smallest absolute Gasteiger partial charge is 0.238 e. The highest BCUT2D eigenvalue weighted by Gasteiger charge is 2.29. The molecule has 0 fully saturated rings. The first-order valence-electron chi connectivity index (χ1n) is 10.1. The van der Waals surface area contributed by atoms with Crippen LogP contribution in [0.3, 0.4) is 0 Å². The Morgan fingerprint density at radius 1 is 0.939 bits per heavy atom. The van der Waals surface area contributed by atoms with E-state index < -0.39 is 15.7 Å². The first kappa shape index (κ1) is 22.3. The third-order valence-electron chi connectivity index (χ3n) is 4.73. The second kappa shape index (κ2) is 9.33. The van der Waals surface area contributed by atoms with Crippen LogP contribution in [0, 0.1) is 5.82 Å². The lowest BCUT2D eigenvalue weighted by molar-refractivity contribution is 0.340. The molecule has 0 bridgehead atoms. The lowest BCUT2D eigenvalue weighted by Crippen LogP contribution is -2.05. The minimum atomic E-state index is -4.11. The van der Waals surface area contributed by atoms with Gasteiger partial charge in [0.25, 0.3) is 0 Å². The van der Waals surface area contributed by atoms with Gasteiger partial charge in [-0.2, -0.15) is 4.98 Å². The van der Waals surface area contributed by atoms with Crippen LogP contribution in [0.5, 0.6) is 11.5 Å². The molecule has 0 aliphatic carbocycles. The molecule has 0 saturated heterocycles. The van der Waals surface area contributed by atoms with Crippen molar-refractivity contribution in [3.63, 3.8) is 0 Å². The van der Waals surface area contributed by atoms with E-state index in [2.05, 4.69) is 10.3 Å². The van der Waals surface area contributed by atoms with E-state index in [4.69, 9.17) is 13.9 Å². The van der Waals surface area contributed by atoms with Crippen LogP contribution in [-0.4, -0.2) is 27.1 Å². The molecule has 1 N–H and O–H groups in total. The topological polar surface area (TPSA) is 90.7 Å². The Bertz CT molecular complexity index is 1330. The van der Waals surface area contributed by atoms with Crippen molar-refractivity contribution in [1.82, 2.24) is 4.98 Å². The van der Waals surface area contributed by atoms with Gasteiger partial charge < -0.3 is 19.2 Å². The number of oxazole rings is 1. The Hall–Kier alpha value is -3.85. The third kappa shape index (κ3) is 4.83. The van der Waals surface area contributed by atoms with Crippen LogP contribution in [0.25, 0.3) is 11.5 Å². The fourth-order valence-corrected chi connectivity index (χ4v) is 4.34. The SMILES string of the molecule is CCOc1ccc(Nc2oc(-c3ccc(OC)cc3)nc2S(=O)(=O)c2ccc(F)cc2)cc1. The van der Waals surface area contributed by atoms with Crippen LogP contribution in [0.15, 0.2) is 87.1 Å². The van der Waals surface area contributed by atoms with Gasteiger partial charge in [0, 0.05) is 11.3 Å². The van der Waals surface area contributed by atoms with Gasteiger partial charge in [-0.15, -0.1) is 0 Å². The molecular weight excluding hydrogens is 447 g/mol. The number of aromatic nitrogens is 1. The van der Waals surface area contributed by atoms with Gasteiger partial charge in [0.2, 0.25) is 26.6 Å². The molecule has 0 radical (unpaired) electrons. The first-order chi connectivity index (χ1) is 15.9. The number of hydrogen-bond acceptors (Lipinski definition) is 7. The molecule has 1 heterocycles. The second-order valence-corrected chi connectivity index (χ2v) is 8.79. The van der Waals surface area contributed by atoms with Gasteiger partial charge in [-0.1, -0.05) is 0 Å². The Morgan fingerprint density at radius 2 is 1.58 bits per heavy atom. The summed E-state index contributed by atoms with van der Waals surface area (Å²) in [4.78, 5) is 4.17. The van der Waals surface area contributed by atoms with E-state index >= 15 is 0 Å². The first-order valence-corrected chi connectivity index (χ1v) is 11.5. The van der Waals surface area contributed by atoms with Crippen molar-refractivity contribution in [2.75, 3.05) is 19.0 Å². The summed E-state index contributed by atoms with van der Waals surface area (Å²) in [6, 6.07) is 18.3. The van der Waals surface area contributed by atoms with E-state index in [0.29, 0.717) is 29.4 Å². The molecule has 0 aliphatic rings. The maximum atomic E-state index is 13.4. The van der Waals surface area contributed by atoms with Crippen molar-refractivity contribution >= 4 is 21.4 Å². The van der Waals surface area contributed by atoms with Gasteiger partial charge in [-0.25, -0.2) is 12.8 Å². The molecule has 7 nitrogen and oxygen atoms in total. The van der Waals surface area contributed by atoms with Crippen LogP contribution in [0.4, 0.5) is 16.0 Å². The Morgan fingerprint density at radius 3 is 2.18 bits per heavy atom. The van der Waals surface area contributed by atoms with E-state index in [1.54, 1.807) is 55.6 Å². The second-order valence-electron chi connectivity index (χ2n) is 6.92. The molecule has 1 aromatic heterocycles. The predicted molar refractivity (Wildman–Crippen MR) is 121 cm³/mol. The van der Waals surface area contributed by atoms with Gasteiger partial charge in [-0.3, -0.25) is 0 Å². The summed E-state index contributed by atoms with van der Waals surface area (Å²) in [7, 11) is -2.56. The number of nitrogens with one attached hydrogen (secondary N) is 1. The number of benzene rings is 3. The minimum absolute atomic E-state index is 0.0608. The number of nitrogens with zero attached hydrogens (tertiary/aromatic N) is 1. The molecule has 33 heavy (non-hydrogen) atoms. The number of methoxy groups -OCH3 is 1. The van der Waals surface area contributed by atoms with Gasteiger partial charge in [-0.05, 0) is 79.7 Å². The zero-order valence-corrected chi connectivity index (χ0v) is 18.7. The summed E-state index contributed by atoms with van der Waals surface area (Å²) < 4.78 is 56.4. The number of halogens is 1. The Labute approximate surface area is 190 Å². The largest absolute Gasteiger partial charge is 0.497 e. The lowest BCUT2D eigenvalue weighted by atomic mass is 10.2. The van der Waals surface area contributed by atoms with Crippen molar-refractivity contribution in [2.24, 2.45) is 0 Å².